The van der Waals surface area contributed by atoms with Crippen LogP contribution in [0.15, 0.2) is 175 Å². The van der Waals surface area contributed by atoms with Crippen molar-refractivity contribution in [1.82, 2.24) is 0 Å². The smallest absolute Gasteiger partial charge is 0.204 e. The van der Waals surface area contributed by atoms with Gasteiger partial charge in [-0.1, -0.05) is 120 Å². The zero-order chi connectivity index (χ0) is 33.9. The number of para-hydroxylation sites is 4. The van der Waals surface area contributed by atoms with Gasteiger partial charge >= 0.3 is 0 Å². The van der Waals surface area contributed by atoms with Crippen molar-refractivity contribution in [3.8, 4) is 0 Å². The predicted octanol–water partition coefficient (Wildman–Crippen LogP) is 9.94. The van der Waals surface area contributed by atoms with Crippen LogP contribution < -0.4 is 31.1 Å². The minimum absolute atomic E-state index is 0.0479. The highest BCUT2D eigenvalue weighted by atomic mass is 35.5. The number of halogens is 2. The Labute approximate surface area is 306 Å². The highest BCUT2D eigenvalue weighted by molar-refractivity contribution is 8.00. The third kappa shape index (κ3) is 5.02. The van der Waals surface area contributed by atoms with Crippen molar-refractivity contribution < 1.29 is 0 Å². The Bertz CT molecular complexity index is 2380. The first-order valence-electron chi connectivity index (χ1n) is 15.9. The molecule has 0 saturated heterocycles. The number of rotatable bonds is 4. The van der Waals surface area contributed by atoms with Crippen LogP contribution >= 0.6 is 46.7 Å². The van der Waals surface area contributed by atoms with Crippen LogP contribution in [0.25, 0.3) is 10.1 Å². The van der Waals surface area contributed by atoms with Crippen molar-refractivity contribution in [2.24, 2.45) is 0 Å². The van der Waals surface area contributed by atoms with E-state index in [1.807, 2.05) is 97.1 Å². The molecule has 50 heavy (non-hydrogen) atoms. The van der Waals surface area contributed by atoms with Gasteiger partial charge in [-0.05, 0) is 83.9 Å². The first kappa shape index (κ1) is 31.0. The third-order valence-corrected chi connectivity index (χ3v) is 12.0. The van der Waals surface area contributed by atoms with Crippen LogP contribution in [0.3, 0.4) is 0 Å². The molecule has 0 fully saturated rings. The molecule has 0 radical (unpaired) electrons. The van der Waals surface area contributed by atoms with Gasteiger partial charge in [0.25, 0.3) is 0 Å². The summed E-state index contributed by atoms with van der Waals surface area (Å²) in [5.41, 5.74) is 6.47. The lowest BCUT2D eigenvalue weighted by atomic mass is 10.0. The maximum atomic E-state index is 13.5. The topological polar surface area (TPSA) is 40.6 Å². The second-order valence-electron chi connectivity index (χ2n) is 11.9. The van der Waals surface area contributed by atoms with E-state index in [-0.39, 0.29) is 20.5 Å². The molecule has 4 nitrogen and oxygen atoms in total. The summed E-state index contributed by atoms with van der Waals surface area (Å²) in [6.07, 6.45) is 0. The first-order valence-corrected chi connectivity index (χ1v) is 18.3. The van der Waals surface area contributed by atoms with E-state index in [1.165, 1.54) is 0 Å². The van der Waals surface area contributed by atoms with Crippen LogP contribution in [-0.4, -0.2) is 0 Å². The summed E-state index contributed by atoms with van der Waals surface area (Å²) >= 11 is 17.0. The molecule has 240 valence electrons. The summed E-state index contributed by atoms with van der Waals surface area (Å²) in [4.78, 5) is 36.0. The molecule has 0 amide bonds. The highest BCUT2D eigenvalue weighted by Crippen LogP contribution is 2.52. The Morgan fingerprint density at radius 2 is 0.680 bits per heavy atom. The number of hydrogen-bond acceptors (Lipinski definition) is 6. The highest BCUT2D eigenvalue weighted by Gasteiger charge is 2.26. The molecule has 8 heteroatoms. The van der Waals surface area contributed by atoms with Crippen LogP contribution in [0.4, 0.5) is 34.1 Å². The molecule has 0 aromatic heterocycles. The van der Waals surface area contributed by atoms with E-state index in [2.05, 4.69) is 58.3 Å². The normalized spacial score (nSPS) is 12.9. The maximum absolute atomic E-state index is 13.5. The lowest BCUT2D eigenvalue weighted by Crippen LogP contribution is -2.65. The Hall–Kier alpha value is -4.98. The van der Waals surface area contributed by atoms with E-state index in [0.717, 1.165) is 53.7 Å². The summed E-state index contributed by atoms with van der Waals surface area (Å²) in [5.74, 6) is 0. The van der Waals surface area contributed by atoms with Crippen LogP contribution in [0.2, 0.25) is 0 Å². The monoisotopic (exact) mass is 722 g/mol. The van der Waals surface area contributed by atoms with Gasteiger partial charge in [0.2, 0.25) is 10.9 Å². The molecule has 0 saturated carbocycles. The number of hydrogen-bond donors (Lipinski definition) is 0. The molecule has 2 heterocycles. The fraction of sp³-hybridized carbons (Fsp3) is 0. The Morgan fingerprint density at radius 1 is 0.400 bits per heavy atom. The number of benzene rings is 6. The van der Waals surface area contributed by atoms with Crippen LogP contribution in [-0.2, 0) is 0 Å². The second kappa shape index (κ2) is 12.4. The quantitative estimate of drug-likeness (QED) is 0.180. The minimum atomic E-state index is -0.454. The molecule has 0 unspecified atom stereocenters. The fourth-order valence-corrected chi connectivity index (χ4v) is 9.27. The molecule has 0 atom stereocenters. The van der Waals surface area contributed by atoms with E-state index in [4.69, 9.17) is 23.2 Å². The predicted molar refractivity (Wildman–Crippen MR) is 208 cm³/mol. The fourth-order valence-electron chi connectivity index (χ4n) is 6.56. The summed E-state index contributed by atoms with van der Waals surface area (Å²) in [5, 5.41) is 0.136. The standard InChI is InChI=1S/C42H24Cl2N2O2S2/c43-39(25-17-21-27(22-18-25)45-29-9-1-5-13-33(29)49-34-14-6-2-10-30(34)45)37-41(47)38(42(37)48)40(44)26-19-23-28(24-20-26)46-31-11-3-7-15-35(31)50-36-16-8-4-12-32(36)46/h1-24H. The number of fused-ring (bicyclic) bond motifs is 4. The Morgan fingerprint density at radius 3 is 0.980 bits per heavy atom. The van der Waals surface area contributed by atoms with Gasteiger partial charge in [-0.15, -0.1) is 0 Å². The molecule has 0 N–H and O–H groups in total. The summed E-state index contributed by atoms with van der Waals surface area (Å²) in [6, 6.07) is 48.3. The van der Waals surface area contributed by atoms with Crippen LogP contribution in [0, 0.1) is 0 Å². The van der Waals surface area contributed by atoms with E-state index >= 15 is 0 Å². The zero-order valence-electron chi connectivity index (χ0n) is 26.1. The van der Waals surface area contributed by atoms with E-state index < -0.39 is 10.9 Å². The number of nitrogens with zero attached hydrogens (tertiary/aromatic N) is 2. The van der Waals surface area contributed by atoms with Gasteiger partial charge in [-0.25, -0.2) is 0 Å². The van der Waals surface area contributed by atoms with Crippen molar-refractivity contribution in [3.63, 3.8) is 0 Å². The average Bonchev–Trinajstić information content (AvgIpc) is 3.16. The maximum Gasteiger partial charge on any atom is 0.204 e. The van der Waals surface area contributed by atoms with Crippen molar-refractivity contribution >= 4 is 90.9 Å². The zero-order valence-corrected chi connectivity index (χ0v) is 29.3. The van der Waals surface area contributed by atoms with Crippen molar-refractivity contribution in [3.05, 3.63) is 188 Å². The van der Waals surface area contributed by atoms with Crippen molar-refractivity contribution in [2.75, 3.05) is 9.80 Å². The van der Waals surface area contributed by atoms with Crippen molar-refractivity contribution in [1.29, 1.82) is 0 Å². The molecule has 2 aliphatic rings. The Balaban J connectivity index is 1.05. The van der Waals surface area contributed by atoms with Crippen molar-refractivity contribution in [2.45, 2.75) is 19.6 Å². The summed E-state index contributed by atoms with van der Waals surface area (Å²) < 4.78 is 0. The third-order valence-electron chi connectivity index (χ3n) is 8.97. The van der Waals surface area contributed by atoms with Gasteiger partial charge in [0.05, 0.1) is 43.3 Å². The largest absolute Gasteiger partial charge is 0.308 e. The molecular weight excluding hydrogens is 700 g/mol. The van der Waals surface area contributed by atoms with Crippen LogP contribution in [0.1, 0.15) is 11.1 Å². The second-order valence-corrected chi connectivity index (χ2v) is 14.8. The summed E-state index contributed by atoms with van der Waals surface area (Å²) in [6.45, 7) is 0. The summed E-state index contributed by atoms with van der Waals surface area (Å²) in [7, 11) is 0. The molecule has 9 rings (SSSR count). The lowest BCUT2D eigenvalue weighted by molar-refractivity contribution is 1.16. The van der Waals surface area contributed by atoms with Gasteiger partial charge in [0.1, 0.15) is 0 Å². The van der Waals surface area contributed by atoms with E-state index in [0.29, 0.717) is 11.1 Å². The molecule has 0 spiro atoms. The molecule has 0 aliphatic carbocycles. The Kier molecular flexibility index (Phi) is 7.70. The lowest BCUT2D eigenvalue weighted by Gasteiger charge is -2.32. The molecule has 0 bridgehead atoms. The van der Waals surface area contributed by atoms with E-state index in [9.17, 15) is 9.59 Å². The van der Waals surface area contributed by atoms with E-state index in [1.54, 1.807) is 23.5 Å². The minimum Gasteiger partial charge on any atom is -0.308 e. The molecular formula is C42H24Cl2N2O2S2. The molecule has 7 aromatic carbocycles. The van der Waals surface area contributed by atoms with Gasteiger partial charge in [0.15, 0.2) is 0 Å². The molecule has 7 aromatic rings. The van der Waals surface area contributed by atoms with Crippen LogP contribution in [0.5, 0.6) is 0 Å². The SMILES string of the molecule is O=c1c(=C(Cl)c2ccc(N3c4ccccc4Sc4ccccc43)cc2)c(=O)c1=C(Cl)c1ccc(N2c3ccccc3Sc3ccccc32)cc1. The number of anilines is 6. The first-order chi connectivity index (χ1) is 24.5. The van der Waals surface area contributed by atoms with Gasteiger partial charge in [-0.2, -0.15) is 0 Å². The average molecular weight is 724 g/mol. The molecule has 2 aliphatic heterocycles. The van der Waals surface area contributed by atoms with Gasteiger partial charge < -0.3 is 9.80 Å². The van der Waals surface area contributed by atoms with Gasteiger partial charge in [0, 0.05) is 31.0 Å². The van der Waals surface area contributed by atoms with Gasteiger partial charge in [-0.3, -0.25) is 9.59 Å².